The van der Waals surface area contributed by atoms with E-state index in [-0.39, 0.29) is 4.91 Å². The third-order valence-corrected chi connectivity index (χ3v) is 2.08. The topological polar surface area (TPSA) is 54.4 Å². The SMILES string of the molecule is C/C(=C\S)S(=O)(=O)O. The Labute approximate surface area is 53.6 Å². The largest absolute Gasteiger partial charge is 0.290 e. The molecule has 0 aliphatic heterocycles. The van der Waals surface area contributed by atoms with E-state index >= 15 is 0 Å². The molecule has 0 fully saturated rings. The molecule has 0 spiro atoms. The lowest BCUT2D eigenvalue weighted by molar-refractivity contribution is 0.491. The van der Waals surface area contributed by atoms with Crippen molar-refractivity contribution in [2.24, 2.45) is 0 Å². The molecule has 0 saturated heterocycles. The van der Waals surface area contributed by atoms with Gasteiger partial charge in [-0.1, -0.05) is 0 Å². The first-order valence-corrected chi connectivity index (χ1v) is 3.72. The molecular formula is C3H6O3S2. The van der Waals surface area contributed by atoms with Gasteiger partial charge in [0.15, 0.2) is 0 Å². The minimum absolute atomic E-state index is 0.152. The quantitative estimate of drug-likeness (QED) is 0.431. The van der Waals surface area contributed by atoms with Crippen LogP contribution in [0.5, 0.6) is 0 Å². The van der Waals surface area contributed by atoms with Gasteiger partial charge in [-0.25, -0.2) is 0 Å². The Kier molecular flexibility index (Phi) is 2.52. The second kappa shape index (κ2) is 2.52. The van der Waals surface area contributed by atoms with Crippen LogP contribution in [0.2, 0.25) is 0 Å². The van der Waals surface area contributed by atoms with Gasteiger partial charge in [-0.3, -0.25) is 4.55 Å². The average molecular weight is 154 g/mol. The lowest BCUT2D eigenvalue weighted by Crippen LogP contribution is -1.96. The Balaban J connectivity index is 4.55. The zero-order valence-corrected chi connectivity index (χ0v) is 5.91. The molecule has 8 heavy (non-hydrogen) atoms. The summed E-state index contributed by atoms with van der Waals surface area (Å²) in [5, 5.41) is 1.02. The highest BCUT2D eigenvalue weighted by Crippen LogP contribution is 2.01. The van der Waals surface area contributed by atoms with Crippen LogP contribution in [0.1, 0.15) is 6.92 Å². The lowest BCUT2D eigenvalue weighted by Gasteiger charge is -1.89. The fourth-order valence-corrected chi connectivity index (χ4v) is 0.599. The molecule has 0 unspecified atom stereocenters. The molecule has 0 radical (unpaired) electrons. The zero-order valence-electron chi connectivity index (χ0n) is 4.20. The normalized spacial score (nSPS) is 14.1. The summed E-state index contributed by atoms with van der Waals surface area (Å²) in [6.45, 7) is 1.25. The van der Waals surface area contributed by atoms with Gasteiger partial charge in [0, 0.05) is 0 Å². The predicted molar refractivity (Wildman–Crippen MR) is 34.3 cm³/mol. The summed E-state index contributed by atoms with van der Waals surface area (Å²) in [5.74, 6) is 0. The van der Waals surface area contributed by atoms with Crippen molar-refractivity contribution in [2.75, 3.05) is 0 Å². The maximum atomic E-state index is 10.0. The summed E-state index contributed by atoms with van der Waals surface area (Å²) in [4.78, 5) is -0.152. The van der Waals surface area contributed by atoms with Crippen molar-refractivity contribution in [1.82, 2.24) is 0 Å². The first kappa shape index (κ1) is 8.00. The van der Waals surface area contributed by atoms with E-state index in [1.807, 2.05) is 0 Å². The Morgan fingerprint density at radius 2 is 2.12 bits per heavy atom. The van der Waals surface area contributed by atoms with Crippen LogP contribution in [0.4, 0.5) is 0 Å². The van der Waals surface area contributed by atoms with E-state index < -0.39 is 10.1 Å². The molecule has 0 atom stereocenters. The molecule has 5 heteroatoms. The van der Waals surface area contributed by atoms with Crippen LogP contribution >= 0.6 is 12.6 Å². The van der Waals surface area contributed by atoms with Gasteiger partial charge in [0.25, 0.3) is 10.1 Å². The molecule has 0 heterocycles. The summed E-state index contributed by atoms with van der Waals surface area (Å²) in [5.41, 5.74) is 0. The van der Waals surface area contributed by atoms with E-state index in [0.29, 0.717) is 0 Å². The van der Waals surface area contributed by atoms with Crippen LogP contribution in [-0.2, 0) is 10.1 Å². The van der Waals surface area contributed by atoms with Crippen molar-refractivity contribution >= 4 is 22.7 Å². The van der Waals surface area contributed by atoms with E-state index in [1.54, 1.807) is 0 Å². The molecule has 0 amide bonds. The molecule has 0 saturated carbocycles. The minimum atomic E-state index is -3.97. The van der Waals surface area contributed by atoms with Gasteiger partial charge >= 0.3 is 0 Å². The lowest BCUT2D eigenvalue weighted by atomic mass is 10.8. The molecule has 0 bridgehead atoms. The highest BCUT2D eigenvalue weighted by molar-refractivity contribution is 7.91. The van der Waals surface area contributed by atoms with Crippen LogP contribution in [0, 0.1) is 0 Å². The molecule has 0 aromatic heterocycles. The Bertz CT molecular complexity index is 189. The van der Waals surface area contributed by atoms with Crippen LogP contribution in [0.15, 0.2) is 10.3 Å². The third kappa shape index (κ3) is 2.34. The van der Waals surface area contributed by atoms with Gasteiger partial charge in [0.1, 0.15) is 0 Å². The second-order valence-electron chi connectivity index (χ2n) is 1.21. The molecule has 48 valence electrons. The molecule has 0 aromatic carbocycles. The Morgan fingerprint density at radius 3 is 2.12 bits per heavy atom. The van der Waals surface area contributed by atoms with Gasteiger partial charge in [-0.2, -0.15) is 21.0 Å². The summed E-state index contributed by atoms with van der Waals surface area (Å²) >= 11 is 3.51. The van der Waals surface area contributed by atoms with Crippen molar-refractivity contribution < 1.29 is 13.0 Å². The molecule has 1 N–H and O–H groups in total. The molecule has 3 nitrogen and oxygen atoms in total. The number of thiol groups is 1. The standard InChI is InChI=1S/C3H6O3S2/c1-3(2-7)8(4,5)6/h2,7H,1H3,(H,4,5,6)/b3-2+. The monoisotopic (exact) mass is 154 g/mol. The number of hydrogen-bond donors (Lipinski definition) is 2. The minimum Gasteiger partial charge on any atom is -0.282 e. The summed E-state index contributed by atoms with van der Waals surface area (Å²) in [7, 11) is -3.97. The Hall–Kier alpha value is -0.0000000000000000763. The Morgan fingerprint density at radius 1 is 1.75 bits per heavy atom. The molecule has 0 rings (SSSR count). The summed E-state index contributed by atoms with van der Waals surface area (Å²) < 4.78 is 28.1. The van der Waals surface area contributed by atoms with Crippen molar-refractivity contribution in [3.8, 4) is 0 Å². The fourth-order valence-electron chi connectivity index (χ4n) is 0.0666. The molecule has 0 aliphatic carbocycles. The van der Waals surface area contributed by atoms with E-state index in [4.69, 9.17) is 4.55 Å². The van der Waals surface area contributed by atoms with Crippen molar-refractivity contribution in [3.63, 3.8) is 0 Å². The van der Waals surface area contributed by atoms with E-state index in [9.17, 15) is 8.42 Å². The third-order valence-electron chi connectivity index (χ3n) is 0.589. The number of allylic oxidation sites excluding steroid dienone is 1. The van der Waals surface area contributed by atoms with Gasteiger partial charge in [-0.05, 0) is 12.3 Å². The van der Waals surface area contributed by atoms with Crippen molar-refractivity contribution in [3.05, 3.63) is 10.3 Å². The zero-order chi connectivity index (χ0) is 6.78. The highest BCUT2D eigenvalue weighted by Gasteiger charge is 2.04. The maximum Gasteiger partial charge on any atom is 0.290 e. The van der Waals surface area contributed by atoms with Gasteiger partial charge in [-0.15, -0.1) is 0 Å². The molecule has 0 aromatic rings. The fraction of sp³-hybridized carbons (Fsp3) is 0.333. The van der Waals surface area contributed by atoms with E-state index in [2.05, 4.69) is 12.6 Å². The first-order valence-electron chi connectivity index (χ1n) is 1.77. The summed E-state index contributed by atoms with van der Waals surface area (Å²) in [6.07, 6.45) is 0. The van der Waals surface area contributed by atoms with Gasteiger partial charge in [0.05, 0.1) is 4.91 Å². The maximum absolute atomic E-state index is 10.0. The molecule has 0 aliphatic rings. The summed E-state index contributed by atoms with van der Waals surface area (Å²) in [6, 6.07) is 0. The van der Waals surface area contributed by atoms with E-state index in [0.717, 1.165) is 5.41 Å². The number of hydrogen-bond acceptors (Lipinski definition) is 3. The number of rotatable bonds is 1. The second-order valence-corrected chi connectivity index (χ2v) is 3.07. The van der Waals surface area contributed by atoms with E-state index in [1.165, 1.54) is 6.92 Å². The predicted octanol–water partition coefficient (Wildman–Crippen LogP) is 0.665. The van der Waals surface area contributed by atoms with Gasteiger partial charge in [0.2, 0.25) is 0 Å². The average Bonchev–Trinajstić information content (AvgIpc) is 1.62. The highest BCUT2D eigenvalue weighted by atomic mass is 32.2. The van der Waals surface area contributed by atoms with Crippen molar-refractivity contribution in [2.45, 2.75) is 6.92 Å². The smallest absolute Gasteiger partial charge is 0.282 e. The first-order chi connectivity index (χ1) is 3.48. The van der Waals surface area contributed by atoms with Crippen LogP contribution in [0.3, 0.4) is 0 Å². The van der Waals surface area contributed by atoms with Crippen LogP contribution in [-0.4, -0.2) is 13.0 Å². The van der Waals surface area contributed by atoms with Gasteiger partial charge < -0.3 is 0 Å². The van der Waals surface area contributed by atoms with Crippen molar-refractivity contribution in [1.29, 1.82) is 0 Å². The van der Waals surface area contributed by atoms with Crippen LogP contribution < -0.4 is 0 Å². The van der Waals surface area contributed by atoms with Crippen LogP contribution in [0.25, 0.3) is 0 Å². The molecular weight excluding hydrogens is 148 g/mol.